The Labute approximate surface area is 161 Å². The Kier molecular flexibility index (Phi) is 6.98. The summed E-state index contributed by atoms with van der Waals surface area (Å²) in [7, 11) is 2.96. The maximum absolute atomic E-state index is 12.8. The third kappa shape index (κ3) is 4.67. The Morgan fingerprint density at radius 2 is 1.85 bits per heavy atom. The molecule has 0 aromatic heterocycles. The molecule has 2 rings (SSSR count). The smallest absolute Gasteiger partial charge is 0.252 e. The molecule has 0 saturated heterocycles. The maximum atomic E-state index is 12.8. The lowest BCUT2D eigenvalue weighted by Gasteiger charge is -2.43. The number of rotatable bonds is 7. The number of phenols is 1. The first-order valence-electron chi connectivity index (χ1n) is 9.67. The fraction of sp³-hybridized carbons (Fsp3) is 0.667. The Hall–Kier alpha value is -1.95. The van der Waals surface area contributed by atoms with Crippen molar-refractivity contribution in [3.63, 3.8) is 0 Å². The van der Waals surface area contributed by atoms with E-state index in [1.807, 2.05) is 0 Å². The van der Waals surface area contributed by atoms with Gasteiger partial charge in [0.2, 0.25) is 5.75 Å². The quantitative estimate of drug-likeness (QED) is 0.678. The number of phenolic OH excluding ortho intramolecular Hbond substituents is 1. The van der Waals surface area contributed by atoms with Gasteiger partial charge in [0, 0.05) is 6.54 Å². The highest BCUT2D eigenvalue weighted by molar-refractivity contribution is 5.85. The molecule has 1 aromatic rings. The maximum Gasteiger partial charge on any atom is 0.252 e. The van der Waals surface area contributed by atoms with Crippen LogP contribution in [-0.4, -0.2) is 42.5 Å². The Bertz CT molecular complexity index is 635. The number of nitrogens with one attached hydrogen (secondary N) is 1. The Balaban J connectivity index is 2.04. The number of methoxy groups -OCH3 is 2. The number of amides is 1. The van der Waals surface area contributed by atoms with Crippen LogP contribution in [0.4, 0.5) is 0 Å². The van der Waals surface area contributed by atoms with Gasteiger partial charge in [0.1, 0.15) is 5.60 Å². The van der Waals surface area contributed by atoms with Gasteiger partial charge >= 0.3 is 0 Å². The van der Waals surface area contributed by atoms with Gasteiger partial charge in [-0.05, 0) is 54.7 Å². The summed E-state index contributed by atoms with van der Waals surface area (Å²) in [4.78, 5) is 12.8. The third-order valence-electron chi connectivity index (χ3n) is 5.68. The minimum atomic E-state index is -1.31. The monoisotopic (exact) mass is 379 g/mol. The SMILES string of the molecule is COc1cc(CCNC(=O)[C@]2(O)C[C@H](C)CC[C@H]2C(C)C)cc(OC)c1O. The highest BCUT2D eigenvalue weighted by atomic mass is 16.5. The van der Waals surface area contributed by atoms with E-state index in [0.29, 0.717) is 36.8 Å². The molecule has 1 aromatic carbocycles. The first kappa shape index (κ1) is 21.4. The molecule has 1 saturated carbocycles. The van der Waals surface area contributed by atoms with E-state index in [0.717, 1.165) is 18.4 Å². The third-order valence-corrected chi connectivity index (χ3v) is 5.68. The molecule has 27 heavy (non-hydrogen) atoms. The van der Waals surface area contributed by atoms with E-state index < -0.39 is 5.60 Å². The number of hydrogen-bond acceptors (Lipinski definition) is 5. The van der Waals surface area contributed by atoms with E-state index in [2.05, 4.69) is 26.1 Å². The first-order valence-corrected chi connectivity index (χ1v) is 9.67. The van der Waals surface area contributed by atoms with Gasteiger partial charge in [-0.15, -0.1) is 0 Å². The molecular formula is C21H33NO5. The van der Waals surface area contributed by atoms with Gasteiger partial charge in [-0.2, -0.15) is 0 Å². The second kappa shape index (κ2) is 8.83. The molecule has 1 aliphatic rings. The summed E-state index contributed by atoms with van der Waals surface area (Å²) >= 11 is 0. The van der Waals surface area contributed by atoms with E-state index in [9.17, 15) is 15.0 Å². The van der Waals surface area contributed by atoms with E-state index in [1.165, 1.54) is 14.2 Å². The Morgan fingerprint density at radius 3 is 2.37 bits per heavy atom. The molecule has 0 aliphatic heterocycles. The van der Waals surface area contributed by atoms with E-state index in [-0.39, 0.29) is 23.5 Å². The lowest BCUT2D eigenvalue weighted by atomic mass is 9.66. The number of aliphatic hydroxyl groups is 1. The van der Waals surface area contributed by atoms with Gasteiger partial charge in [0.05, 0.1) is 14.2 Å². The fourth-order valence-corrected chi connectivity index (χ4v) is 4.20. The second-order valence-electron chi connectivity index (χ2n) is 8.02. The molecule has 1 aliphatic carbocycles. The van der Waals surface area contributed by atoms with Gasteiger partial charge in [-0.25, -0.2) is 0 Å². The zero-order valence-electron chi connectivity index (χ0n) is 17.0. The van der Waals surface area contributed by atoms with Crippen molar-refractivity contribution in [1.82, 2.24) is 5.32 Å². The number of ether oxygens (including phenoxy) is 2. The minimum absolute atomic E-state index is 0.0254. The summed E-state index contributed by atoms with van der Waals surface area (Å²) in [6.45, 7) is 6.60. The first-order chi connectivity index (χ1) is 12.7. The molecule has 6 heteroatoms. The summed E-state index contributed by atoms with van der Waals surface area (Å²) in [6, 6.07) is 3.44. The lowest BCUT2D eigenvalue weighted by Crippen LogP contribution is -2.56. The van der Waals surface area contributed by atoms with Crippen LogP contribution >= 0.6 is 0 Å². The van der Waals surface area contributed by atoms with E-state index >= 15 is 0 Å². The molecule has 0 unspecified atom stereocenters. The van der Waals surface area contributed by atoms with Crippen molar-refractivity contribution in [3.8, 4) is 17.2 Å². The van der Waals surface area contributed by atoms with Crippen molar-refractivity contribution in [2.75, 3.05) is 20.8 Å². The van der Waals surface area contributed by atoms with Crippen molar-refractivity contribution in [3.05, 3.63) is 17.7 Å². The van der Waals surface area contributed by atoms with Crippen LogP contribution in [0.2, 0.25) is 0 Å². The van der Waals surface area contributed by atoms with Gasteiger partial charge < -0.3 is 25.0 Å². The topological polar surface area (TPSA) is 88.0 Å². The zero-order valence-corrected chi connectivity index (χ0v) is 17.0. The van der Waals surface area contributed by atoms with Crippen molar-refractivity contribution >= 4 is 5.91 Å². The molecule has 6 nitrogen and oxygen atoms in total. The van der Waals surface area contributed by atoms with Crippen LogP contribution in [0, 0.1) is 17.8 Å². The van der Waals surface area contributed by atoms with E-state index in [4.69, 9.17) is 9.47 Å². The molecule has 1 amide bonds. The van der Waals surface area contributed by atoms with E-state index in [1.54, 1.807) is 12.1 Å². The second-order valence-corrected chi connectivity index (χ2v) is 8.02. The van der Waals surface area contributed by atoms with Gasteiger partial charge in [-0.1, -0.05) is 27.2 Å². The van der Waals surface area contributed by atoms with Gasteiger partial charge in [0.25, 0.3) is 5.91 Å². The van der Waals surface area contributed by atoms with Crippen LogP contribution in [0.25, 0.3) is 0 Å². The van der Waals surface area contributed by atoms with Crippen LogP contribution in [0.3, 0.4) is 0 Å². The normalized spacial score (nSPS) is 25.3. The molecule has 1 fully saturated rings. The number of carbonyl (C=O) groups excluding carboxylic acids is 1. The summed E-state index contributed by atoms with van der Waals surface area (Å²) in [5, 5.41) is 24.0. The molecule has 0 radical (unpaired) electrons. The number of hydrogen-bond donors (Lipinski definition) is 3. The lowest BCUT2D eigenvalue weighted by molar-refractivity contribution is -0.155. The van der Waals surface area contributed by atoms with Crippen LogP contribution in [-0.2, 0) is 11.2 Å². The highest BCUT2D eigenvalue weighted by Gasteiger charge is 2.48. The summed E-state index contributed by atoms with van der Waals surface area (Å²) in [5.74, 6) is 0.886. The molecule has 0 spiro atoms. The highest BCUT2D eigenvalue weighted by Crippen LogP contribution is 2.41. The average molecular weight is 379 g/mol. The predicted octanol–water partition coefficient (Wildman–Crippen LogP) is 2.89. The summed E-state index contributed by atoms with van der Waals surface area (Å²) < 4.78 is 10.3. The van der Waals surface area contributed by atoms with Crippen LogP contribution in [0.5, 0.6) is 17.2 Å². The van der Waals surface area contributed by atoms with Crippen molar-refractivity contribution in [1.29, 1.82) is 0 Å². The fourth-order valence-electron chi connectivity index (χ4n) is 4.20. The number of carbonyl (C=O) groups is 1. The zero-order chi connectivity index (χ0) is 20.2. The number of benzene rings is 1. The predicted molar refractivity (Wildman–Crippen MR) is 104 cm³/mol. The van der Waals surface area contributed by atoms with Gasteiger partial charge in [0.15, 0.2) is 11.5 Å². The van der Waals surface area contributed by atoms with Crippen LogP contribution in [0.1, 0.15) is 45.6 Å². The average Bonchev–Trinajstić information content (AvgIpc) is 2.62. The number of aromatic hydroxyl groups is 1. The van der Waals surface area contributed by atoms with Gasteiger partial charge in [-0.3, -0.25) is 4.79 Å². The van der Waals surface area contributed by atoms with Crippen molar-refractivity contribution in [2.24, 2.45) is 17.8 Å². The minimum Gasteiger partial charge on any atom is -0.502 e. The summed E-state index contributed by atoms with van der Waals surface area (Å²) in [6.07, 6.45) is 2.96. The molecule has 0 bridgehead atoms. The Morgan fingerprint density at radius 1 is 1.26 bits per heavy atom. The summed E-state index contributed by atoms with van der Waals surface area (Å²) in [5.41, 5.74) is -0.442. The van der Waals surface area contributed by atoms with Crippen molar-refractivity contribution < 1.29 is 24.5 Å². The van der Waals surface area contributed by atoms with Crippen LogP contribution in [0.15, 0.2) is 12.1 Å². The molecule has 152 valence electrons. The molecule has 3 N–H and O–H groups in total. The van der Waals surface area contributed by atoms with Crippen molar-refractivity contribution in [2.45, 2.75) is 52.1 Å². The molecule has 3 atom stereocenters. The standard InChI is InChI=1S/C21H33NO5/c1-13(2)16-7-6-14(3)12-21(16,25)20(24)22-9-8-15-10-17(26-4)19(23)18(11-15)27-5/h10-11,13-14,16,23,25H,6-9,12H2,1-5H3,(H,22,24)/t14-,16+,21+/m1/s1. The molecule has 0 heterocycles. The van der Waals surface area contributed by atoms with Crippen LogP contribution < -0.4 is 14.8 Å². The largest absolute Gasteiger partial charge is 0.502 e. The molecular weight excluding hydrogens is 346 g/mol.